The van der Waals surface area contributed by atoms with Crippen LogP contribution in [0, 0.1) is 6.92 Å². The van der Waals surface area contributed by atoms with E-state index in [0.29, 0.717) is 18.6 Å². The number of piperazine rings is 2. The molecule has 3 rings (SSSR count). The molecule has 2 N–H and O–H groups in total. The number of nitrogens with one attached hydrogen (secondary N) is 2. The lowest BCUT2D eigenvalue weighted by atomic mass is 9.99. The van der Waals surface area contributed by atoms with E-state index in [-0.39, 0.29) is 5.91 Å². The maximum absolute atomic E-state index is 11.4. The fourth-order valence-corrected chi connectivity index (χ4v) is 2.83. The van der Waals surface area contributed by atoms with Gasteiger partial charge in [0.2, 0.25) is 5.91 Å². The number of fused-ring (bicyclic) bond motifs is 1. The van der Waals surface area contributed by atoms with Crippen LogP contribution < -0.4 is 10.6 Å². The minimum atomic E-state index is 0.149. The summed E-state index contributed by atoms with van der Waals surface area (Å²) >= 11 is 0. The van der Waals surface area contributed by atoms with E-state index in [9.17, 15) is 4.79 Å². The molecule has 4 nitrogen and oxygen atoms in total. The van der Waals surface area contributed by atoms with E-state index in [4.69, 9.17) is 0 Å². The highest BCUT2D eigenvalue weighted by atomic mass is 16.2. The maximum atomic E-state index is 11.4. The molecular weight excluding hydrogens is 226 g/mol. The summed E-state index contributed by atoms with van der Waals surface area (Å²) < 4.78 is 0. The maximum Gasteiger partial charge on any atom is 0.234 e. The van der Waals surface area contributed by atoms with Crippen LogP contribution in [0.5, 0.6) is 0 Å². The van der Waals surface area contributed by atoms with Gasteiger partial charge in [-0.1, -0.05) is 29.8 Å². The van der Waals surface area contributed by atoms with Crippen molar-refractivity contribution in [2.24, 2.45) is 0 Å². The Hall–Kier alpha value is -1.39. The summed E-state index contributed by atoms with van der Waals surface area (Å²) in [6, 6.07) is 9.39. The molecule has 1 aromatic carbocycles. The Bertz CT molecular complexity index is 460. The second kappa shape index (κ2) is 4.71. The van der Waals surface area contributed by atoms with Crippen LogP contribution in [0.25, 0.3) is 0 Å². The molecule has 18 heavy (non-hydrogen) atoms. The Morgan fingerprint density at radius 2 is 2.22 bits per heavy atom. The Kier molecular flexibility index (Phi) is 3.06. The number of carbonyl (C=O) groups is 1. The topological polar surface area (TPSA) is 44.4 Å². The molecule has 0 spiro atoms. The molecule has 2 aliphatic rings. The Morgan fingerprint density at radius 1 is 1.33 bits per heavy atom. The van der Waals surface area contributed by atoms with Crippen molar-refractivity contribution in [1.82, 2.24) is 15.5 Å². The first-order chi connectivity index (χ1) is 8.72. The third kappa shape index (κ3) is 2.26. The van der Waals surface area contributed by atoms with Crippen molar-refractivity contribution in [2.45, 2.75) is 19.0 Å². The Balaban J connectivity index is 1.74. The van der Waals surface area contributed by atoms with Gasteiger partial charge >= 0.3 is 0 Å². The summed E-state index contributed by atoms with van der Waals surface area (Å²) in [6.07, 6.45) is 0. The zero-order chi connectivity index (χ0) is 12.5. The van der Waals surface area contributed by atoms with Crippen LogP contribution in [-0.4, -0.2) is 43.0 Å². The van der Waals surface area contributed by atoms with Gasteiger partial charge in [-0.2, -0.15) is 0 Å². The summed E-state index contributed by atoms with van der Waals surface area (Å²) in [4.78, 5) is 13.7. The molecule has 2 unspecified atom stereocenters. The summed E-state index contributed by atoms with van der Waals surface area (Å²) in [5, 5.41) is 6.51. The number of nitrogens with zero attached hydrogens (tertiary/aromatic N) is 1. The van der Waals surface area contributed by atoms with Crippen LogP contribution in [0.3, 0.4) is 0 Å². The molecule has 2 atom stereocenters. The van der Waals surface area contributed by atoms with Gasteiger partial charge in [0.1, 0.15) is 0 Å². The van der Waals surface area contributed by atoms with Gasteiger partial charge < -0.3 is 10.6 Å². The molecule has 0 aromatic heterocycles. The summed E-state index contributed by atoms with van der Waals surface area (Å²) in [5.74, 6) is 0.149. The summed E-state index contributed by atoms with van der Waals surface area (Å²) in [5.41, 5.74) is 2.60. The average molecular weight is 245 g/mol. The molecule has 0 saturated carbocycles. The molecule has 1 amide bonds. The van der Waals surface area contributed by atoms with Gasteiger partial charge in [-0.15, -0.1) is 0 Å². The van der Waals surface area contributed by atoms with Crippen LogP contribution in [0.1, 0.15) is 17.2 Å². The number of amides is 1. The molecule has 96 valence electrons. The lowest BCUT2D eigenvalue weighted by molar-refractivity contribution is -0.126. The van der Waals surface area contributed by atoms with E-state index < -0.39 is 0 Å². The predicted molar refractivity (Wildman–Crippen MR) is 70.3 cm³/mol. The molecular formula is C14H19N3O. The highest BCUT2D eigenvalue weighted by Crippen LogP contribution is 2.21. The van der Waals surface area contributed by atoms with Crippen LogP contribution >= 0.6 is 0 Å². The van der Waals surface area contributed by atoms with Crippen LogP contribution in [0.15, 0.2) is 24.3 Å². The zero-order valence-electron chi connectivity index (χ0n) is 10.6. The van der Waals surface area contributed by atoms with E-state index in [1.807, 2.05) is 0 Å². The smallest absolute Gasteiger partial charge is 0.234 e. The SMILES string of the molecule is Cc1cccc(C2CN3CC(=O)NCC3CN2)c1. The van der Waals surface area contributed by atoms with Crippen molar-refractivity contribution in [3.8, 4) is 0 Å². The quantitative estimate of drug-likeness (QED) is 0.754. The second-order valence-corrected chi connectivity index (χ2v) is 5.26. The number of rotatable bonds is 1. The first-order valence-corrected chi connectivity index (χ1v) is 6.53. The van der Waals surface area contributed by atoms with E-state index in [1.165, 1.54) is 11.1 Å². The van der Waals surface area contributed by atoms with Gasteiger partial charge in [0.25, 0.3) is 0 Å². The third-order valence-electron chi connectivity index (χ3n) is 3.86. The largest absolute Gasteiger partial charge is 0.353 e. The van der Waals surface area contributed by atoms with E-state index in [0.717, 1.165) is 19.6 Å². The van der Waals surface area contributed by atoms with Gasteiger partial charge in [-0.05, 0) is 12.5 Å². The Labute approximate surface area is 107 Å². The van der Waals surface area contributed by atoms with Crippen molar-refractivity contribution in [2.75, 3.05) is 26.2 Å². The van der Waals surface area contributed by atoms with Crippen molar-refractivity contribution in [3.63, 3.8) is 0 Å². The molecule has 0 radical (unpaired) electrons. The van der Waals surface area contributed by atoms with E-state index >= 15 is 0 Å². The van der Waals surface area contributed by atoms with Gasteiger partial charge in [-0.25, -0.2) is 0 Å². The monoisotopic (exact) mass is 245 g/mol. The highest BCUT2D eigenvalue weighted by molar-refractivity contribution is 5.78. The lowest BCUT2D eigenvalue weighted by Crippen LogP contribution is -2.62. The first kappa shape index (κ1) is 11.7. The van der Waals surface area contributed by atoms with Crippen molar-refractivity contribution < 1.29 is 4.79 Å². The average Bonchev–Trinajstić information content (AvgIpc) is 2.38. The molecule has 0 aliphatic carbocycles. The Morgan fingerprint density at radius 3 is 3.06 bits per heavy atom. The third-order valence-corrected chi connectivity index (χ3v) is 3.86. The number of hydrogen-bond acceptors (Lipinski definition) is 3. The zero-order valence-corrected chi connectivity index (χ0v) is 10.6. The normalized spacial score (nSPS) is 28.6. The van der Waals surface area contributed by atoms with Gasteiger partial charge in [0, 0.05) is 31.7 Å². The van der Waals surface area contributed by atoms with Crippen LogP contribution in [0.2, 0.25) is 0 Å². The van der Waals surface area contributed by atoms with E-state index in [2.05, 4.69) is 46.7 Å². The van der Waals surface area contributed by atoms with Crippen LogP contribution in [0.4, 0.5) is 0 Å². The fourth-order valence-electron chi connectivity index (χ4n) is 2.83. The molecule has 4 heteroatoms. The summed E-state index contributed by atoms with van der Waals surface area (Å²) in [7, 11) is 0. The number of carbonyl (C=O) groups excluding carboxylic acids is 1. The van der Waals surface area contributed by atoms with Gasteiger partial charge in [0.05, 0.1) is 6.54 Å². The number of hydrogen-bond donors (Lipinski definition) is 2. The molecule has 0 bridgehead atoms. The van der Waals surface area contributed by atoms with E-state index in [1.54, 1.807) is 0 Å². The molecule has 1 aromatic rings. The minimum Gasteiger partial charge on any atom is -0.353 e. The highest BCUT2D eigenvalue weighted by Gasteiger charge is 2.32. The predicted octanol–water partition coefficient (Wildman–Crippen LogP) is 0.440. The fraction of sp³-hybridized carbons (Fsp3) is 0.500. The lowest BCUT2D eigenvalue weighted by Gasteiger charge is -2.42. The van der Waals surface area contributed by atoms with Crippen molar-refractivity contribution >= 4 is 5.91 Å². The number of aryl methyl sites for hydroxylation is 1. The standard InChI is InChI=1S/C14H19N3O/c1-10-3-2-4-11(5-10)13-8-17-9-14(18)16-7-12(17)6-15-13/h2-5,12-13,15H,6-9H2,1H3,(H,16,18). The molecule has 2 fully saturated rings. The number of benzene rings is 1. The van der Waals surface area contributed by atoms with Gasteiger partial charge in [0.15, 0.2) is 0 Å². The van der Waals surface area contributed by atoms with Crippen molar-refractivity contribution in [1.29, 1.82) is 0 Å². The van der Waals surface area contributed by atoms with Crippen LogP contribution in [-0.2, 0) is 4.79 Å². The first-order valence-electron chi connectivity index (χ1n) is 6.53. The molecule has 2 saturated heterocycles. The van der Waals surface area contributed by atoms with Gasteiger partial charge in [-0.3, -0.25) is 9.69 Å². The van der Waals surface area contributed by atoms with Crippen molar-refractivity contribution in [3.05, 3.63) is 35.4 Å². The molecule has 2 heterocycles. The second-order valence-electron chi connectivity index (χ2n) is 5.26. The minimum absolute atomic E-state index is 0.149. The molecule has 2 aliphatic heterocycles. The summed E-state index contributed by atoms with van der Waals surface area (Å²) in [6.45, 7) is 5.28.